The summed E-state index contributed by atoms with van der Waals surface area (Å²) >= 11 is 0. The molecule has 104 valence electrons. The van der Waals surface area contributed by atoms with E-state index in [9.17, 15) is 18.5 Å². The van der Waals surface area contributed by atoms with E-state index in [1.165, 1.54) is 6.07 Å². The number of hydrogen-bond acceptors (Lipinski definition) is 5. The van der Waals surface area contributed by atoms with Gasteiger partial charge in [-0.1, -0.05) is 18.2 Å². The molecule has 0 bridgehead atoms. The van der Waals surface area contributed by atoms with Crippen LogP contribution >= 0.6 is 0 Å². The third-order valence-corrected chi connectivity index (χ3v) is 3.92. The van der Waals surface area contributed by atoms with E-state index in [1.807, 2.05) is 0 Å². The minimum atomic E-state index is -4.05. The van der Waals surface area contributed by atoms with Gasteiger partial charge in [0.05, 0.1) is 4.92 Å². The number of para-hydroxylation sites is 1. The average Bonchev–Trinajstić information content (AvgIpc) is 2.38. The molecule has 0 aliphatic heterocycles. The number of nitrogens with one attached hydrogen (secondary N) is 1. The third kappa shape index (κ3) is 2.86. The van der Waals surface area contributed by atoms with Crippen LogP contribution in [-0.2, 0) is 10.0 Å². The van der Waals surface area contributed by atoms with Crippen LogP contribution in [0.15, 0.2) is 53.4 Å². The van der Waals surface area contributed by atoms with Crippen LogP contribution in [-0.4, -0.2) is 13.3 Å². The zero-order valence-corrected chi connectivity index (χ0v) is 11.0. The molecule has 0 saturated heterocycles. The molecule has 0 spiro atoms. The fourth-order valence-electron chi connectivity index (χ4n) is 1.62. The second kappa shape index (κ2) is 5.17. The Balaban J connectivity index is 2.47. The van der Waals surface area contributed by atoms with Crippen molar-refractivity contribution in [2.45, 2.75) is 4.90 Å². The van der Waals surface area contributed by atoms with Crippen molar-refractivity contribution >= 4 is 27.1 Å². The molecule has 8 heteroatoms. The van der Waals surface area contributed by atoms with Crippen molar-refractivity contribution < 1.29 is 13.3 Å². The second-order valence-electron chi connectivity index (χ2n) is 3.96. The van der Waals surface area contributed by atoms with Gasteiger partial charge in [0, 0.05) is 17.4 Å². The normalized spacial score (nSPS) is 11.0. The lowest BCUT2D eigenvalue weighted by Crippen LogP contribution is -2.14. The Morgan fingerprint density at radius 3 is 2.35 bits per heavy atom. The van der Waals surface area contributed by atoms with E-state index >= 15 is 0 Å². The fourth-order valence-corrected chi connectivity index (χ4v) is 2.83. The zero-order chi connectivity index (χ0) is 14.8. The van der Waals surface area contributed by atoms with Crippen molar-refractivity contribution in [2.24, 2.45) is 0 Å². The molecule has 0 unspecified atom stereocenters. The molecule has 2 rings (SSSR count). The highest BCUT2D eigenvalue weighted by molar-refractivity contribution is 7.92. The molecule has 0 radical (unpaired) electrons. The molecule has 7 nitrogen and oxygen atoms in total. The second-order valence-corrected chi connectivity index (χ2v) is 5.61. The van der Waals surface area contributed by atoms with E-state index in [2.05, 4.69) is 4.72 Å². The van der Waals surface area contributed by atoms with Gasteiger partial charge in [0.25, 0.3) is 15.7 Å². The van der Waals surface area contributed by atoms with Gasteiger partial charge in [0.2, 0.25) is 0 Å². The van der Waals surface area contributed by atoms with Crippen molar-refractivity contribution in [3.05, 3.63) is 58.6 Å². The maximum absolute atomic E-state index is 12.2. The van der Waals surface area contributed by atoms with Gasteiger partial charge in [0.15, 0.2) is 4.90 Å². The number of nitrogens with two attached hydrogens (primary N) is 1. The van der Waals surface area contributed by atoms with Crippen LogP contribution in [0, 0.1) is 10.1 Å². The molecule has 0 fully saturated rings. The molecule has 0 amide bonds. The standard InChI is InChI=1S/C12H11N3O4S/c13-9-6-7-12(11(8-9)15(16)17)20(18,19)14-10-4-2-1-3-5-10/h1-8,14H,13H2. The smallest absolute Gasteiger partial charge is 0.291 e. The number of hydrogen-bond donors (Lipinski definition) is 2. The first-order chi connectivity index (χ1) is 9.40. The summed E-state index contributed by atoms with van der Waals surface area (Å²) in [6.07, 6.45) is 0. The number of anilines is 2. The summed E-state index contributed by atoms with van der Waals surface area (Å²) in [6, 6.07) is 11.5. The minimum absolute atomic E-state index is 0.121. The van der Waals surface area contributed by atoms with Crippen molar-refractivity contribution in [3.63, 3.8) is 0 Å². The number of benzene rings is 2. The first-order valence-electron chi connectivity index (χ1n) is 5.52. The number of nitrogen functional groups attached to an aromatic ring is 1. The van der Waals surface area contributed by atoms with Crippen molar-refractivity contribution in [1.29, 1.82) is 0 Å². The van der Waals surface area contributed by atoms with E-state index in [-0.39, 0.29) is 5.69 Å². The lowest BCUT2D eigenvalue weighted by molar-refractivity contribution is -0.387. The van der Waals surface area contributed by atoms with Crippen LogP contribution in [0.1, 0.15) is 0 Å². The maximum atomic E-state index is 12.2. The Hall–Kier alpha value is -2.61. The van der Waals surface area contributed by atoms with E-state index in [1.54, 1.807) is 30.3 Å². The van der Waals surface area contributed by atoms with E-state index in [0.717, 1.165) is 12.1 Å². The van der Waals surface area contributed by atoms with Gasteiger partial charge in [0.1, 0.15) is 0 Å². The Morgan fingerprint density at radius 2 is 1.75 bits per heavy atom. The molecule has 20 heavy (non-hydrogen) atoms. The fraction of sp³-hybridized carbons (Fsp3) is 0. The van der Waals surface area contributed by atoms with Gasteiger partial charge < -0.3 is 5.73 Å². The van der Waals surface area contributed by atoms with Gasteiger partial charge in [-0.15, -0.1) is 0 Å². The lowest BCUT2D eigenvalue weighted by Gasteiger charge is -2.08. The highest BCUT2D eigenvalue weighted by atomic mass is 32.2. The molecule has 0 saturated carbocycles. The van der Waals surface area contributed by atoms with Crippen molar-refractivity contribution in [3.8, 4) is 0 Å². The third-order valence-electron chi connectivity index (χ3n) is 2.50. The van der Waals surface area contributed by atoms with Gasteiger partial charge in [-0.05, 0) is 24.3 Å². The highest BCUT2D eigenvalue weighted by Gasteiger charge is 2.25. The summed E-state index contributed by atoms with van der Waals surface area (Å²) in [6.45, 7) is 0. The quantitative estimate of drug-likeness (QED) is 0.508. The molecule has 0 aliphatic rings. The molecule has 0 heterocycles. The average molecular weight is 293 g/mol. The Labute approximate surface area is 115 Å². The molecule has 0 aliphatic carbocycles. The summed E-state index contributed by atoms with van der Waals surface area (Å²) in [4.78, 5) is 9.72. The summed E-state index contributed by atoms with van der Waals surface area (Å²) in [5.41, 5.74) is 5.32. The topological polar surface area (TPSA) is 115 Å². The molecule has 2 aromatic rings. The van der Waals surface area contributed by atoms with Crippen LogP contribution < -0.4 is 10.5 Å². The number of sulfonamides is 1. The van der Waals surface area contributed by atoms with E-state index in [0.29, 0.717) is 5.69 Å². The van der Waals surface area contributed by atoms with Crippen LogP contribution in [0.3, 0.4) is 0 Å². The summed E-state index contributed by atoms with van der Waals surface area (Å²) in [5, 5.41) is 10.9. The predicted molar refractivity (Wildman–Crippen MR) is 74.8 cm³/mol. The predicted octanol–water partition coefficient (Wildman–Crippen LogP) is 1.98. The first kappa shape index (κ1) is 13.8. The molecular weight excluding hydrogens is 282 g/mol. The van der Waals surface area contributed by atoms with E-state index in [4.69, 9.17) is 5.73 Å². The van der Waals surface area contributed by atoms with Crippen LogP contribution in [0.5, 0.6) is 0 Å². The van der Waals surface area contributed by atoms with Gasteiger partial charge in [-0.25, -0.2) is 8.42 Å². The molecule has 0 aromatic heterocycles. The molecule has 3 N–H and O–H groups in total. The van der Waals surface area contributed by atoms with Gasteiger partial charge in [-0.3, -0.25) is 14.8 Å². The number of rotatable bonds is 4. The van der Waals surface area contributed by atoms with Gasteiger partial charge >= 0.3 is 0 Å². The summed E-state index contributed by atoms with van der Waals surface area (Å²) in [7, 11) is -4.05. The summed E-state index contributed by atoms with van der Waals surface area (Å²) < 4.78 is 26.6. The van der Waals surface area contributed by atoms with Crippen LogP contribution in [0.25, 0.3) is 0 Å². The minimum Gasteiger partial charge on any atom is -0.399 e. The Morgan fingerprint density at radius 1 is 1.10 bits per heavy atom. The van der Waals surface area contributed by atoms with Crippen molar-refractivity contribution in [1.82, 2.24) is 0 Å². The molecular formula is C12H11N3O4S. The first-order valence-corrected chi connectivity index (χ1v) is 7.00. The van der Waals surface area contributed by atoms with Crippen LogP contribution in [0.4, 0.5) is 17.1 Å². The highest BCUT2D eigenvalue weighted by Crippen LogP contribution is 2.27. The summed E-state index contributed by atoms with van der Waals surface area (Å²) in [5.74, 6) is 0. The SMILES string of the molecule is Nc1ccc(S(=O)(=O)Nc2ccccc2)c([N+](=O)[O-])c1. The van der Waals surface area contributed by atoms with Gasteiger partial charge in [-0.2, -0.15) is 0 Å². The zero-order valence-electron chi connectivity index (χ0n) is 10.2. The monoisotopic (exact) mass is 293 g/mol. The maximum Gasteiger partial charge on any atom is 0.291 e. The Bertz CT molecular complexity index is 745. The lowest BCUT2D eigenvalue weighted by atomic mass is 10.3. The molecule has 2 aromatic carbocycles. The number of nitro groups is 1. The van der Waals surface area contributed by atoms with E-state index < -0.39 is 25.5 Å². The Kier molecular flexibility index (Phi) is 3.57. The number of nitrogens with zero attached hydrogens (tertiary/aromatic N) is 1. The molecule has 0 atom stereocenters. The largest absolute Gasteiger partial charge is 0.399 e. The van der Waals surface area contributed by atoms with Crippen molar-refractivity contribution in [2.75, 3.05) is 10.5 Å². The number of nitro benzene ring substituents is 1. The van der Waals surface area contributed by atoms with Crippen LogP contribution in [0.2, 0.25) is 0 Å².